The van der Waals surface area contributed by atoms with Crippen LogP contribution in [0.3, 0.4) is 0 Å². The summed E-state index contributed by atoms with van der Waals surface area (Å²) in [6.07, 6.45) is 5.25. The van der Waals surface area contributed by atoms with Gasteiger partial charge in [0.05, 0.1) is 0 Å². The van der Waals surface area contributed by atoms with Crippen LogP contribution in [-0.2, 0) is 10.0 Å². The predicted octanol–water partition coefficient (Wildman–Crippen LogP) is 1.23. The lowest BCUT2D eigenvalue weighted by atomic mass is 9.92. The van der Waals surface area contributed by atoms with Crippen LogP contribution in [0.5, 0.6) is 0 Å². The maximum absolute atomic E-state index is 12.1. The fraction of sp³-hybridized carbons (Fsp3) is 0.583. The van der Waals surface area contributed by atoms with E-state index in [1.54, 1.807) is 0 Å². The minimum atomic E-state index is -3.72. The van der Waals surface area contributed by atoms with E-state index in [2.05, 4.69) is 23.6 Å². The molecule has 5 nitrogen and oxygen atoms in total. The van der Waals surface area contributed by atoms with Gasteiger partial charge in [-0.2, -0.15) is 0 Å². The van der Waals surface area contributed by atoms with Crippen molar-refractivity contribution in [2.24, 2.45) is 5.41 Å². The molecule has 1 aromatic heterocycles. The fourth-order valence-electron chi connectivity index (χ4n) is 2.43. The minimum absolute atomic E-state index is 0.0791. The molecule has 1 unspecified atom stereocenters. The molecule has 1 aliphatic carbocycles. The first kappa shape index (κ1) is 13.3. The van der Waals surface area contributed by atoms with Gasteiger partial charge in [-0.05, 0) is 24.7 Å². The second kappa shape index (κ2) is 4.51. The molecule has 2 N–H and O–H groups in total. The minimum Gasteiger partial charge on any atom is -0.366 e. The van der Waals surface area contributed by atoms with Gasteiger partial charge in [0.1, 0.15) is 4.90 Å². The summed E-state index contributed by atoms with van der Waals surface area (Å²) in [7, 11) is -3.72. The third-order valence-corrected chi connectivity index (χ3v) is 4.91. The number of rotatable bonds is 3. The average Bonchev–Trinajstić information content (AvgIpc) is 2.57. The number of sulfonamides is 1. The summed E-state index contributed by atoms with van der Waals surface area (Å²) < 4.78 is 26.8. The zero-order valence-electron chi connectivity index (χ0n) is 10.6. The molecule has 18 heavy (non-hydrogen) atoms. The average molecular weight is 270 g/mol. The van der Waals surface area contributed by atoms with E-state index in [9.17, 15) is 13.2 Å². The molecule has 1 aliphatic rings. The normalized spacial score (nSPS) is 23.1. The molecule has 1 aromatic rings. The van der Waals surface area contributed by atoms with E-state index in [0.29, 0.717) is 0 Å². The quantitative estimate of drug-likeness (QED) is 0.867. The van der Waals surface area contributed by atoms with Gasteiger partial charge in [0.2, 0.25) is 15.5 Å². The second-order valence-corrected chi connectivity index (χ2v) is 7.28. The first-order valence-electron chi connectivity index (χ1n) is 6.00. The smallest absolute Gasteiger partial charge is 0.246 e. The molecular formula is C12H18N2O3S. The van der Waals surface area contributed by atoms with Crippen LogP contribution in [0.25, 0.3) is 0 Å². The predicted molar refractivity (Wildman–Crippen MR) is 68.8 cm³/mol. The highest BCUT2D eigenvalue weighted by Crippen LogP contribution is 2.37. The SMILES string of the molecule is CC1(C)CCC(NS(=O)(=O)c2c[nH]ccc2=O)C1. The van der Waals surface area contributed by atoms with Gasteiger partial charge in [-0.15, -0.1) is 0 Å². The maximum Gasteiger partial charge on any atom is 0.246 e. The standard InChI is InChI=1S/C12H18N2O3S/c1-12(2)5-3-9(7-12)14-18(16,17)11-8-13-6-4-10(11)15/h4,6,8-9,14H,3,5,7H2,1-2H3,(H,13,15). The molecule has 0 saturated heterocycles. The van der Waals surface area contributed by atoms with Gasteiger partial charge in [-0.3, -0.25) is 4.79 Å². The molecule has 1 saturated carbocycles. The Labute approximate surface area is 107 Å². The third-order valence-electron chi connectivity index (χ3n) is 3.37. The number of hydrogen-bond acceptors (Lipinski definition) is 3. The van der Waals surface area contributed by atoms with Crippen LogP contribution in [0.2, 0.25) is 0 Å². The highest BCUT2D eigenvalue weighted by molar-refractivity contribution is 7.89. The van der Waals surface area contributed by atoms with Crippen LogP contribution >= 0.6 is 0 Å². The molecule has 0 aliphatic heterocycles. The summed E-state index contributed by atoms with van der Waals surface area (Å²) in [6.45, 7) is 4.24. The first-order valence-corrected chi connectivity index (χ1v) is 7.48. The van der Waals surface area contributed by atoms with Crippen molar-refractivity contribution in [2.45, 2.75) is 44.0 Å². The topological polar surface area (TPSA) is 79.0 Å². The molecule has 1 atom stereocenters. The maximum atomic E-state index is 12.1. The number of pyridine rings is 1. The Hall–Kier alpha value is -1.14. The van der Waals surface area contributed by atoms with E-state index in [0.717, 1.165) is 19.3 Å². The third kappa shape index (κ3) is 2.81. The van der Waals surface area contributed by atoms with Crippen LogP contribution in [0, 0.1) is 5.41 Å². The van der Waals surface area contributed by atoms with Gasteiger partial charge in [-0.25, -0.2) is 13.1 Å². The van der Waals surface area contributed by atoms with Crippen molar-refractivity contribution in [2.75, 3.05) is 0 Å². The zero-order valence-corrected chi connectivity index (χ0v) is 11.4. The number of aromatic nitrogens is 1. The van der Waals surface area contributed by atoms with Crippen LogP contribution in [0.15, 0.2) is 28.2 Å². The Morgan fingerprint density at radius 2 is 2.17 bits per heavy atom. The number of aromatic amines is 1. The molecule has 0 spiro atoms. The summed E-state index contributed by atoms with van der Waals surface area (Å²) >= 11 is 0. The van der Waals surface area contributed by atoms with Crippen LogP contribution in [0.1, 0.15) is 33.1 Å². The molecule has 0 radical (unpaired) electrons. The van der Waals surface area contributed by atoms with Crippen molar-refractivity contribution >= 4 is 10.0 Å². The van der Waals surface area contributed by atoms with Gasteiger partial charge in [0.25, 0.3) is 0 Å². The fourth-order valence-corrected chi connectivity index (χ4v) is 3.75. The van der Waals surface area contributed by atoms with Crippen molar-refractivity contribution in [3.05, 3.63) is 28.7 Å². The highest BCUT2D eigenvalue weighted by atomic mass is 32.2. The highest BCUT2D eigenvalue weighted by Gasteiger charge is 2.33. The van der Waals surface area contributed by atoms with E-state index in [4.69, 9.17) is 0 Å². The lowest BCUT2D eigenvalue weighted by molar-refractivity contribution is 0.372. The van der Waals surface area contributed by atoms with Crippen molar-refractivity contribution < 1.29 is 8.42 Å². The number of hydrogen-bond donors (Lipinski definition) is 2. The van der Waals surface area contributed by atoms with Gasteiger partial charge < -0.3 is 4.98 Å². The Kier molecular flexibility index (Phi) is 3.33. The molecule has 1 heterocycles. The largest absolute Gasteiger partial charge is 0.366 e. The van der Waals surface area contributed by atoms with E-state index in [-0.39, 0.29) is 16.4 Å². The lowest BCUT2D eigenvalue weighted by Gasteiger charge is -2.17. The van der Waals surface area contributed by atoms with Gasteiger partial charge in [0, 0.05) is 24.5 Å². The van der Waals surface area contributed by atoms with E-state index < -0.39 is 15.5 Å². The molecular weight excluding hydrogens is 252 g/mol. The van der Waals surface area contributed by atoms with Gasteiger partial charge in [-0.1, -0.05) is 13.8 Å². The molecule has 100 valence electrons. The van der Waals surface area contributed by atoms with Crippen molar-refractivity contribution in [1.29, 1.82) is 0 Å². The molecule has 0 aromatic carbocycles. The molecule has 6 heteroatoms. The zero-order chi connectivity index (χ0) is 13.4. The van der Waals surface area contributed by atoms with Gasteiger partial charge >= 0.3 is 0 Å². The Morgan fingerprint density at radius 3 is 2.72 bits per heavy atom. The molecule has 2 rings (SSSR count). The summed E-state index contributed by atoms with van der Waals surface area (Å²) in [5.41, 5.74) is -0.325. The van der Waals surface area contributed by atoms with Crippen molar-refractivity contribution in [3.8, 4) is 0 Å². The Balaban J connectivity index is 2.19. The summed E-state index contributed by atoms with van der Waals surface area (Å²) in [6, 6.07) is 1.14. The summed E-state index contributed by atoms with van der Waals surface area (Å²) in [4.78, 5) is 13.9. The summed E-state index contributed by atoms with van der Waals surface area (Å²) in [5, 5.41) is 0. The van der Waals surface area contributed by atoms with Crippen LogP contribution < -0.4 is 10.2 Å². The monoisotopic (exact) mass is 270 g/mol. The molecule has 0 amide bonds. The lowest BCUT2D eigenvalue weighted by Crippen LogP contribution is -2.35. The van der Waals surface area contributed by atoms with E-state index in [1.807, 2.05) is 0 Å². The van der Waals surface area contributed by atoms with E-state index in [1.165, 1.54) is 18.5 Å². The summed E-state index contributed by atoms with van der Waals surface area (Å²) in [5.74, 6) is 0. The van der Waals surface area contributed by atoms with Crippen molar-refractivity contribution in [1.82, 2.24) is 9.71 Å². The van der Waals surface area contributed by atoms with Crippen molar-refractivity contribution in [3.63, 3.8) is 0 Å². The van der Waals surface area contributed by atoms with Crippen LogP contribution in [0.4, 0.5) is 0 Å². The van der Waals surface area contributed by atoms with Gasteiger partial charge in [0.15, 0.2) is 0 Å². The number of H-pyrrole nitrogens is 1. The Bertz CT molecular complexity index is 589. The second-order valence-electron chi connectivity index (χ2n) is 5.60. The van der Waals surface area contributed by atoms with Crippen LogP contribution in [-0.4, -0.2) is 19.4 Å². The number of nitrogens with one attached hydrogen (secondary N) is 2. The first-order chi connectivity index (χ1) is 8.30. The van der Waals surface area contributed by atoms with E-state index >= 15 is 0 Å². The molecule has 1 fully saturated rings. The molecule has 0 bridgehead atoms. The Morgan fingerprint density at radius 1 is 1.44 bits per heavy atom.